The molecule has 0 aliphatic heterocycles. The highest BCUT2D eigenvalue weighted by Gasteiger charge is 2.15. The van der Waals surface area contributed by atoms with Crippen molar-refractivity contribution in [2.75, 3.05) is 6.54 Å². The van der Waals surface area contributed by atoms with Crippen LogP contribution in [0.2, 0.25) is 0 Å². The van der Waals surface area contributed by atoms with Gasteiger partial charge in [-0.2, -0.15) is 5.10 Å². The number of hydrogen-bond acceptors (Lipinski definition) is 2. The van der Waals surface area contributed by atoms with Gasteiger partial charge in [0.05, 0.1) is 5.69 Å². The smallest absolute Gasteiger partial charge is 0.0596 e. The maximum atomic E-state index is 4.45. The molecule has 1 atom stereocenters. The first kappa shape index (κ1) is 14.8. The van der Waals surface area contributed by atoms with Gasteiger partial charge in [-0.1, -0.05) is 31.2 Å². The molecule has 108 valence electrons. The van der Waals surface area contributed by atoms with Crippen molar-refractivity contribution in [3.8, 4) is 0 Å². The molecule has 0 radical (unpaired) electrons. The van der Waals surface area contributed by atoms with E-state index in [1.54, 1.807) is 0 Å². The quantitative estimate of drug-likeness (QED) is 0.873. The van der Waals surface area contributed by atoms with Gasteiger partial charge in [-0.15, -0.1) is 0 Å². The summed E-state index contributed by atoms with van der Waals surface area (Å²) in [4.78, 5) is 0. The standard InChI is InChI=1S/C17H25N3/c1-5-10-18-17(16-9-7-6-8-13(16)2)12-15-11-14(3)19-20(15)4/h6-9,11,17-18H,5,10,12H2,1-4H3. The van der Waals surface area contributed by atoms with E-state index in [9.17, 15) is 0 Å². The van der Waals surface area contributed by atoms with Crippen LogP contribution in [0.25, 0.3) is 0 Å². The lowest BCUT2D eigenvalue weighted by molar-refractivity contribution is 0.510. The van der Waals surface area contributed by atoms with Crippen LogP contribution in [0.1, 0.15) is 41.9 Å². The fourth-order valence-corrected chi connectivity index (χ4v) is 2.65. The van der Waals surface area contributed by atoms with Crippen molar-refractivity contribution in [3.05, 3.63) is 52.8 Å². The van der Waals surface area contributed by atoms with E-state index in [1.165, 1.54) is 16.8 Å². The van der Waals surface area contributed by atoms with E-state index in [0.29, 0.717) is 6.04 Å². The Morgan fingerprint density at radius 3 is 2.60 bits per heavy atom. The third kappa shape index (κ3) is 3.48. The summed E-state index contributed by atoms with van der Waals surface area (Å²) in [5, 5.41) is 8.12. The molecule has 20 heavy (non-hydrogen) atoms. The van der Waals surface area contributed by atoms with Gasteiger partial charge < -0.3 is 5.32 Å². The van der Waals surface area contributed by atoms with Crippen molar-refractivity contribution in [1.29, 1.82) is 0 Å². The summed E-state index contributed by atoms with van der Waals surface area (Å²) in [5.41, 5.74) is 5.10. The Balaban J connectivity index is 2.24. The maximum absolute atomic E-state index is 4.45. The molecule has 0 saturated heterocycles. The molecule has 0 aliphatic carbocycles. The van der Waals surface area contributed by atoms with E-state index in [-0.39, 0.29) is 0 Å². The van der Waals surface area contributed by atoms with Crippen LogP contribution < -0.4 is 5.32 Å². The minimum absolute atomic E-state index is 0.353. The first-order valence-electron chi connectivity index (χ1n) is 7.40. The minimum Gasteiger partial charge on any atom is -0.310 e. The van der Waals surface area contributed by atoms with E-state index in [2.05, 4.69) is 54.6 Å². The molecule has 0 bridgehead atoms. The van der Waals surface area contributed by atoms with Crippen molar-refractivity contribution >= 4 is 0 Å². The van der Waals surface area contributed by atoms with Gasteiger partial charge in [-0.25, -0.2) is 0 Å². The predicted octanol–water partition coefficient (Wildman–Crippen LogP) is 3.32. The highest BCUT2D eigenvalue weighted by molar-refractivity contribution is 5.30. The number of aromatic nitrogens is 2. The Hall–Kier alpha value is -1.61. The molecule has 3 heteroatoms. The summed E-state index contributed by atoms with van der Waals surface area (Å²) in [6.07, 6.45) is 2.12. The molecule has 0 spiro atoms. The van der Waals surface area contributed by atoms with Gasteiger partial charge >= 0.3 is 0 Å². The average Bonchev–Trinajstić information content (AvgIpc) is 2.73. The van der Waals surface area contributed by atoms with Crippen LogP contribution in [0.5, 0.6) is 0 Å². The van der Waals surface area contributed by atoms with Gasteiger partial charge in [-0.3, -0.25) is 4.68 Å². The second-order valence-electron chi connectivity index (χ2n) is 5.47. The SMILES string of the molecule is CCCNC(Cc1cc(C)nn1C)c1ccccc1C. The molecule has 2 aromatic rings. The van der Waals surface area contributed by atoms with Crippen LogP contribution in [0.3, 0.4) is 0 Å². The minimum atomic E-state index is 0.353. The molecule has 1 heterocycles. The van der Waals surface area contributed by atoms with E-state index in [4.69, 9.17) is 0 Å². The molecule has 0 saturated carbocycles. The van der Waals surface area contributed by atoms with Crippen molar-refractivity contribution < 1.29 is 0 Å². The zero-order chi connectivity index (χ0) is 14.5. The highest BCUT2D eigenvalue weighted by atomic mass is 15.3. The topological polar surface area (TPSA) is 29.9 Å². The summed E-state index contributed by atoms with van der Waals surface area (Å²) in [6, 6.07) is 11.2. The van der Waals surface area contributed by atoms with Gasteiger partial charge in [0.1, 0.15) is 0 Å². The first-order chi connectivity index (χ1) is 9.61. The van der Waals surface area contributed by atoms with E-state index in [1.807, 2.05) is 18.7 Å². The number of nitrogens with zero attached hydrogens (tertiary/aromatic N) is 2. The van der Waals surface area contributed by atoms with Crippen molar-refractivity contribution in [3.63, 3.8) is 0 Å². The summed E-state index contributed by atoms with van der Waals surface area (Å²) >= 11 is 0. The first-order valence-corrected chi connectivity index (χ1v) is 7.40. The number of aryl methyl sites for hydroxylation is 3. The molecule has 3 nitrogen and oxygen atoms in total. The number of benzene rings is 1. The lowest BCUT2D eigenvalue weighted by Gasteiger charge is -2.21. The predicted molar refractivity (Wildman–Crippen MR) is 83.9 cm³/mol. The third-order valence-corrected chi connectivity index (χ3v) is 3.72. The molecule has 0 fully saturated rings. The Bertz CT molecular complexity index is 557. The van der Waals surface area contributed by atoms with Gasteiger partial charge in [-0.05, 0) is 44.0 Å². The fourth-order valence-electron chi connectivity index (χ4n) is 2.65. The lowest BCUT2D eigenvalue weighted by atomic mass is 9.97. The zero-order valence-electron chi connectivity index (χ0n) is 13.0. The molecule has 0 aliphatic rings. The fraction of sp³-hybridized carbons (Fsp3) is 0.471. The van der Waals surface area contributed by atoms with Crippen molar-refractivity contribution in [1.82, 2.24) is 15.1 Å². The van der Waals surface area contributed by atoms with E-state index < -0.39 is 0 Å². The molecule has 2 rings (SSSR count). The van der Waals surface area contributed by atoms with Crippen LogP contribution >= 0.6 is 0 Å². The number of rotatable bonds is 6. The second kappa shape index (κ2) is 6.71. The summed E-state index contributed by atoms with van der Waals surface area (Å²) < 4.78 is 1.99. The molecule has 1 aromatic carbocycles. The molecule has 1 aromatic heterocycles. The third-order valence-electron chi connectivity index (χ3n) is 3.72. The monoisotopic (exact) mass is 271 g/mol. The molecule has 1 N–H and O–H groups in total. The molecule has 1 unspecified atom stereocenters. The van der Waals surface area contributed by atoms with E-state index in [0.717, 1.165) is 25.1 Å². The Kier molecular flexibility index (Phi) is 4.96. The van der Waals surface area contributed by atoms with Crippen LogP contribution in [-0.2, 0) is 13.5 Å². The maximum Gasteiger partial charge on any atom is 0.0596 e. The molecular weight excluding hydrogens is 246 g/mol. The van der Waals surface area contributed by atoms with Crippen molar-refractivity contribution in [2.45, 2.75) is 39.7 Å². The van der Waals surface area contributed by atoms with Gasteiger partial charge in [0.15, 0.2) is 0 Å². The lowest BCUT2D eigenvalue weighted by Crippen LogP contribution is -2.25. The second-order valence-corrected chi connectivity index (χ2v) is 5.47. The number of nitrogens with one attached hydrogen (secondary N) is 1. The van der Waals surface area contributed by atoms with Gasteiger partial charge in [0.25, 0.3) is 0 Å². The van der Waals surface area contributed by atoms with Crippen LogP contribution in [0, 0.1) is 13.8 Å². The molecular formula is C17H25N3. The van der Waals surface area contributed by atoms with Gasteiger partial charge in [0, 0.05) is 25.2 Å². The largest absolute Gasteiger partial charge is 0.310 e. The van der Waals surface area contributed by atoms with Crippen molar-refractivity contribution in [2.24, 2.45) is 7.05 Å². The summed E-state index contributed by atoms with van der Waals surface area (Å²) in [6.45, 7) is 7.47. The van der Waals surface area contributed by atoms with Crippen LogP contribution in [-0.4, -0.2) is 16.3 Å². The Morgan fingerprint density at radius 2 is 2.00 bits per heavy atom. The van der Waals surface area contributed by atoms with Crippen LogP contribution in [0.4, 0.5) is 0 Å². The zero-order valence-corrected chi connectivity index (χ0v) is 13.0. The van der Waals surface area contributed by atoms with Gasteiger partial charge in [0.2, 0.25) is 0 Å². The average molecular weight is 271 g/mol. The summed E-state index contributed by atoms with van der Waals surface area (Å²) in [7, 11) is 2.02. The Morgan fingerprint density at radius 1 is 1.25 bits per heavy atom. The van der Waals surface area contributed by atoms with Crippen LogP contribution in [0.15, 0.2) is 30.3 Å². The normalized spacial score (nSPS) is 12.6. The van der Waals surface area contributed by atoms with E-state index >= 15 is 0 Å². The highest BCUT2D eigenvalue weighted by Crippen LogP contribution is 2.22. The molecule has 0 amide bonds. The Labute approximate surface area is 122 Å². The summed E-state index contributed by atoms with van der Waals surface area (Å²) in [5.74, 6) is 0. The number of hydrogen-bond donors (Lipinski definition) is 1.